The average Bonchev–Trinajstić information content (AvgIpc) is 2.48. The first-order chi connectivity index (χ1) is 10.4. The number of benzene rings is 1. The van der Waals surface area contributed by atoms with Crippen LogP contribution in [0.5, 0.6) is 0 Å². The summed E-state index contributed by atoms with van der Waals surface area (Å²) in [7, 11) is 0. The molecule has 2 unspecified atom stereocenters. The van der Waals surface area contributed by atoms with Gasteiger partial charge in [-0.05, 0) is 37.6 Å². The van der Waals surface area contributed by atoms with Gasteiger partial charge in [0.2, 0.25) is 6.41 Å². The number of piperidine rings is 1. The number of aromatic carboxylic acids is 1. The Morgan fingerprint density at radius 3 is 3.00 bits per heavy atom. The molecule has 1 fully saturated rings. The summed E-state index contributed by atoms with van der Waals surface area (Å²) in [5.41, 5.74) is -0.399. The highest BCUT2D eigenvalue weighted by Crippen LogP contribution is 2.29. The number of halogens is 1. The Bertz CT molecular complexity index is 548. The molecule has 2 N–H and O–H groups in total. The molecule has 2 atom stereocenters. The molecule has 1 heterocycles. The molecule has 0 saturated carbocycles. The van der Waals surface area contributed by atoms with E-state index in [1.54, 1.807) is 19.1 Å². The van der Waals surface area contributed by atoms with Crippen LogP contribution >= 0.6 is 0 Å². The van der Waals surface area contributed by atoms with E-state index in [1.807, 2.05) is 0 Å². The lowest BCUT2D eigenvalue weighted by Gasteiger charge is -2.37. The van der Waals surface area contributed by atoms with Crippen LogP contribution < -0.4 is 5.32 Å². The Morgan fingerprint density at radius 1 is 1.59 bits per heavy atom. The van der Waals surface area contributed by atoms with Gasteiger partial charge in [-0.25, -0.2) is 9.18 Å². The minimum Gasteiger partial charge on any atom is -0.478 e. The fraction of sp³-hybridized carbons (Fsp3) is 0.500. The van der Waals surface area contributed by atoms with Crippen LogP contribution in [0.3, 0.4) is 0 Å². The Balaban J connectivity index is 2.04. The van der Waals surface area contributed by atoms with Gasteiger partial charge in [0, 0.05) is 25.6 Å². The van der Waals surface area contributed by atoms with E-state index >= 15 is 0 Å². The molecule has 2 rings (SSSR count). The average molecular weight is 308 g/mol. The van der Waals surface area contributed by atoms with Crippen LogP contribution in [0.15, 0.2) is 24.3 Å². The molecular formula is C16H21FN2O3. The fourth-order valence-corrected chi connectivity index (χ4v) is 2.75. The molecule has 1 saturated heterocycles. The van der Waals surface area contributed by atoms with Crippen molar-refractivity contribution in [3.8, 4) is 0 Å². The normalized spacial score (nSPS) is 24.7. The SMILES string of the molecule is CC1(F)CCNCC1CN(C=O)Cc1cccc(C(=O)O)c1. The predicted octanol–water partition coefficient (Wildman–Crippen LogP) is 1.68. The molecule has 0 spiro atoms. The van der Waals surface area contributed by atoms with Gasteiger partial charge in [0.25, 0.3) is 0 Å². The molecule has 1 aromatic carbocycles. The van der Waals surface area contributed by atoms with E-state index < -0.39 is 11.6 Å². The highest BCUT2D eigenvalue weighted by Gasteiger charge is 2.37. The molecular weight excluding hydrogens is 287 g/mol. The second kappa shape index (κ2) is 6.87. The Labute approximate surface area is 129 Å². The summed E-state index contributed by atoms with van der Waals surface area (Å²) in [5.74, 6) is -1.28. The first-order valence-electron chi connectivity index (χ1n) is 7.33. The summed E-state index contributed by atoms with van der Waals surface area (Å²) in [6, 6.07) is 6.44. The quantitative estimate of drug-likeness (QED) is 0.785. The molecule has 0 aliphatic carbocycles. The summed E-state index contributed by atoms with van der Waals surface area (Å²) in [4.78, 5) is 23.7. The third-order valence-corrected chi connectivity index (χ3v) is 4.20. The van der Waals surface area contributed by atoms with E-state index in [4.69, 9.17) is 5.11 Å². The van der Waals surface area contributed by atoms with Crippen molar-refractivity contribution in [3.05, 3.63) is 35.4 Å². The van der Waals surface area contributed by atoms with Gasteiger partial charge in [-0.2, -0.15) is 0 Å². The topological polar surface area (TPSA) is 69.6 Å². The standard InChI is InChI=1S/C16H21FN2O3/c1-16(17)5-6-18-8-14(16)10-19(11-20)9-12-3-2-4-13(7-12)15(21)22/h2-4,7,11,14,18H,5-6,8-10H2,1H3,(H,21,22). The third kappa shape index (κ3) is 4.04. The maximum Gasteiger partial charge on any atom is 0.335 e. The molecule has 5 nitrogen and oxygen atoms in total. The molecule has 0 aromatic heterocycles. The summed E-state index contributed by atoms with van der Waals surface area (Å²) in [5, 5.41) is 12.1. The monoisotopic (exact) mass is 308 g/mol. The van der Waals surface area contributed by atoms with Crippen molar-refractivity contribution in [2.24, 2.45) is 5.92 Å². The molecule has 22 heavy (non-hydrogen) atoms. The number of hydrogen-bond donors (Lipinski definition) is 2. The van der Waals surface area contributed by atoms with Gasteiger partial charge in [-0.3, -0.25) is 4.79 Å². The minimum absolute atomic E-state index is 0.179. The van der Waals surface area contributed by atoms with E-state index in [0.29, 0.717) is 32.5 Å². The van der Waals surface area contributed by atoms with E-state index in [-0.39, 0.29) is 18.0 Å². The number of nitrogens with one attached hydrogen (secondary N) is 1. The zero-order valence-corrected chi connectivity index (χ0v) is 12.6. The lowest BCUT2D eigenvalue weighted by molar-refractivity contribution is -0.120. The molecule has 1 amide bonds. The van der Waals surface area contributed by atoms with Crippen LogP contribution in [0.25, 0.3) is 0 Å². The smallest absolute Gasteiger partial charge is 0.335 e. The number of hydrogen-bond acceptors (Lipinski definition) is 3. The van der Waals surface area contributed by atoms with Crippen LogP contribution in [0, 0.1) is 5.92 Å². The summed E-state index contributed by atoms with van der Waals surface area (Å²) < 4.78 is 14.5. The number of nitrogens with zero attached hydrogens (tertiary/aromatic N) is 1. The van der Waals surface area contributed by atoms with Crippen molar-refractivity contribution in [3.63, 3.8) is 0 Å². The van der Waals surface area contributed by atoms with Gasteiger partial charge in [0.15, 0.2) is 0 Å². The molecule has 1 aromatic rings. The lowest BCUT2D eigenvalue weighted by atomic mass is 9.84. The third-order valence-electron chi connectivity index (χ3n) is 4.20. The molecule has 0 radical (unpaired) electrons. The van der Waals surface area contributed by atoms with Gasteiger partial charge >= 0.3 is 5.97 Å². The van der Waals surface area contributed by atoms with Gasteiger partial charge in [0.1, 0.15) is 5.67 Å². The molecule has 1 aliphatic heterocycles. The second-order valence-corrected chi connectivity index (χ2v) is 5.97. The number of carbonyl (C=O) groups excluding carboxylic acids is 1. The zero-order chi connectivity index (χ0) is 16.2. The summed E-state index contributed by atoms with van der Waals surface area (Å²) >= 11 is 0. The number of rotatable bonds is 6. The largest absolute Gasteiger partial charge is 0.478 e. The van der Waals surface area contributed by atoms with Crippen molar-refractivity contribution >= 4 is 12.4 Å². The van der Waals surface area contributed by atoms with E-state index in [9.17, 15) is 14.0 Å². The van der Waals surface area contributed by atoms with Gasteiger partial charge in [0.05, 0.1) is 5.56 Å². The van der Waals surface area contributed by atoms with E-state index in [0.717, 1.165) is 5.56 Å². The van der Waals surface area contributed by atoms with Crippen LogP contribution in [0.4, 0.5) is 4.39 Å². The summed E-state index contributed by atoms with van der Waals surface area (Å²) in [6.07, 6.45) is 1.12. The van der Waals surface area contributed by atoms with Gasteiger partial charge in [-0.15, -0.1) is 0 Å². The first kappa shape index (κ1) is 16.4. The maximum atomic E-state index is 14.5. The van der Waals surface area contributed by atoms with Crippen LogP contribution in [0.2, 0.25) is 0 Å². The van der Waals surface area contributed by atoms with E-state index in [2.05, 4.69) is 5.32 Å². The molecule has 0 bridgehead atoms. The number of alkyl halides is 1. The fourth-order valence-electron chi connectivity index (χ4n) is 2.75. The summed E-state index contributed by atoms with van der Waals surface area (Å²) in [6.45, 7) is 3.34. The highest BCUT2D eigenvalue weighted by molar-refractivity contribution is 5.87. The predicted molar refractivity (Wildman–Crippen MR) is 80.4 cm³/mol. The lowest BCUT2D eigenvalue weighted by Crippen LogP contribution is -2.50. The van der Waals surface area contributed by atoms with Crippen molar-refractivity contribution < 1.29 is 19.1 Å². The Morgan fingerprint density at radius 2 is 2.36 bits per heavy atom. The number of carbonyl (C=O) groups is 2. The van der Waals surface area contributed by atoms with Crippen LogP contribution in [-0.2, 0) is 11.3 Å². The molecule has 120 valence electrons. The van der Waals surface area contributed by atoms with Crippen LogP contribution in [0.1, 0.15) is 29.3 Å². The van der Waals surface area contributed by atoms with Gasteiger partial charge < -0.3 is 15.3 Å². The van der Waals surface area contributed by atoms with E-state index in [1.165, 1.54) is 17.0 Å². The van der Waals surface area contributed by atoms with Crippen molar-refractivity contribution in [2.75, 3.05) is 19.6 Å². The molecule has 6 heteroatoms. The van der Waals surface area contributed by atoms with Crippen LogP contribution in [-0.4, -0.2) is 47.7 Å². The second-order valence-electron chi connectivity index (χ2n) is 5.97. The van der Waals surface area contributed by atoms with Gasteiger partial charge in [-0.1, -0.05) is 12.1 Å². The first-order valence-corrected chi connectivity index (χ1v) is 7.33. The van der Waals surface area contributed by atoms with Crippen molar-refractivity contribution in [1.82, 2.24) is 10.2 Å². The number of carboxylic acid groups (broad SMARTS) is 1. The Kier molecular flexibility index (Phi) is 5.13. The molecule has 1 aliphatic rings. The number of amides is 1. The minimum atomic E-state index is -1.30. The zero-order valence-electron chi connectivity index (χ0n) is 12.6. The van der Waals surface area contributed by atoms with Crippen molar-refractivity contribution in [2.45, 2.75) is 25.6 Å². The Hall–Kier alpha value is -1.95. The highest BCUT2D eigenvalue weighted by atomic mass is 19.1. The number of carboxylic acids is 1. The maximum absolute atomic E-state index is 14.5. The van der Waals surface area contributed by atoms with Crippen molar-refractivity contribution in [1.29, 1.82) is 0 Å².